The first kappa shape index (κ1) is 15.0. The van der Waals surface area contributed by atoms with Crippen molar-refractivity contribution in [1.82, 2.24) is 5.32 Å². The van der Waals surface area contributed by atoms with Gasteiger partial charge in [0.1, 0.15) is 0 Å². The van der Waals surface area contributed by atoms with Gasteiger partial charge in [-0.05, 0) is 37.6 Å². The van der Waals surface area contributed by atoms with Crippen molar-refractivity contribution in [2.45, 2.75) is 52.5 Å². The van der Waals surface area contributed by atoms with Gasteiger partial charge in [-0.1, -0.05) is 27.2 Å². The number of hydrogen-bond acceptors (Lipinski definition) is 3. The van der Waals surface area contributed by atoms with E-state index in [9.17, 15) is 8.42 Å². The van der Waals surface area contributed by atoms with Crippen molar-refractivity contribution in [2.75, 3.05) is 18.1 Å². The van der Waals surface area contributed by atoms with Crippen molar-refractivity contribution in [3.63, 3.8) is 0 Å². The summed E-state index contributed by atoms with van der Waals surface area (Å²) in [5.74, 6) is 1.57. The Kier molecular flexibility index (Phi) is 5.93. The van der Waals surface area contributed by atoms with Crippen LogP contribution in [0.5, 0.6) is 0 Å². The third-order valence-corrected chi connectivity index (χ3v) is 5.46. The lowest BCUT2D eigenvalue weighted by molar-refractivity contribution is 0.485. The molecule has 1 fully saturated rings. The summed E-state index contributed by atoms with van der Waals surface area (Å²) < 4.78 is 24.1. The molecule has 0 spiro atoms. The van der Waals surface area contributed by atoms with Gasteiger partial charge in [-0.3, -0.25) is 0 Å². The highest BCUT2D eigenvalue weighted by Gasteiger charge is 2.34. The maximum Gasteiger partial charge on any atom is 0.152 e. The Morgan fingerprint density at radius 1 is 1.24 bits per heavy atom. The average Bonchev–Trinajstić information content (AvgIpc) is 3.07. The highest BCUT2D eigenvalue weighted by molar-refractivity contribution is 7.91. The Hall–Kier alpha value is -0.0900. The minimum absolute atomic E-state index is 0.198. The normalized spacial score (nSPS) is 20.2. The molecule has 17 heavy (non-hydrogen) atoms. The number of nitrogens with one attached hydrogen (secondary N) is 1. The Morgan fingerprint density at radius 2 is 1.88 bits per heavy atom. The highest BCUT2D eigenvalue weighted by atomic mass is 32.2. The molecule has 1 rings (SSSR count). The molecule has 0 aromatic heterocycles. The standard InChI is InChI=1S/C13H27NO2S/c1-4-8-14-13(12-6-7-12)10-17(15,16)9-11(3)5-2/h11-14H,4-10H2,1-3H3. The fourth-order valence-electron chi connectivity index (χ4n) is 2.08. The third-order valence-electron chi connectivity index (χ3n) is 3.52. The maximum atomic E-state index is 12.1. The molecule has 1 aliphatic rings. The fourth-order valence-corrected chi connectivity index (χ4v) is 4.26. The largest absolute Gasteiger partial charge is 0.313 e. The quantitative estimate of drug-likeness (QED) is 0.692. The zero-order valence-electron chi connectivity index (χ0n) is 11.4. The smallest absolute Gasteiger partial charge is 0.152 e. The molecular formula is C13H27NO2S. The minimum atomic E-state index is -2.89. The Morgan fingerprint density at radius 3 is 2.35 bits per heavy atom. The van der Waals surface area contributed by atoms with E-state index in [0.717, 1.165) is 19.4 Å². The molecule has 0 amide bonds. The van der Waals surface area contributed by atoms with Crippen LogP contribution in [0.1, 0.15) is 46.5 Å². The molecule has 0 aliphatic heterocycles. The van der Waals surface area contributed by atoms with Crippen LogP contribution in [0.15, 0.2) is 0 Å². The molecule has 0 saturated heterocycles. The van der Waals surface area contributed by atoms with E-state index in [1.54, 1.807) is 0 Å². The van der Waals surface area contributed by atoms with Gasteiger partial charge in [0, 0.05) is 6.04 Å². The van der Waals surface area contributed by atoms with Crippen molar-refractivity contribution in [2.24, 2.45) is 11.8 Å². The van der Waals surface area contributed by atoms with Crippen molar-refractivity contribution >= 4 is 9.84 Å². The first-order valence-corrected chi connectivity index (χ1v) is 8.74. The molecule has 0 radical (unpaired) electrons. The van der Waals surface area contributed by atoms with Gasteiger partial charge < -0.3 is 5.32 Å². The molecule has 102 valence electrons. The Labute approximate surface area is 106 Å². The molecule has 0 heterocycles. The monoisotopic (exact) mass is 261 g/mol. The zero-order valence-corrected chi connectivity index (χ0v) is 12.2. The molecule has 4 heteroatoms. The maximum absolute atomic E-state index is 12.1. The van der Waals surface area contributed by atoms with Crippen LogP contribution in [0.25, 0.3) is 0 Å². The predicted molar refractivity (Wildman–Crippen MR) is 72.9 cm³/mol. The van der Waals surface area contributed by atoms with E-state index < -0.39 is 9.84 Å². The average molecular weight is 261 g/mol. The van der Waals surface area contributed by atoms with E-state index in [2.05, 4.69) is 12.2 Å². The molecule has 2 unspecified atom stereocenters. The van der Waals surface area contributed by atoms with Crippen LogP contribution >= 0.6 is 0 Å². The van der Waals surface area contributed by atoms with Gasteiger partial charge in [-0.25, -0.2) is 8.42 Å². The van der Waals surface area contributed by atoms with E-state index in [4.69, 9.17) is 0 Å². The summed E-state index contributed by atoms with van der Waals surface area (Å²) in [6.45, 7) is 7.11. The van der Waals surface area contributed by atoms with Gasteiger partial charge in [0.2, 0.25) is 0 Å². The van der Waals surface area contributed by atoms with E-state index >= 15 is 0 Å². The summed E-state index contributed by atoms with van der Waals surface area (Å²) in [7, 11) is -2.89. The molecule has 0 aromatic rings. The first-order valence-electron chi connectivity index (χ1n) is 6.92. The Balaban J connectivity index is 2.47. The van der Waals surface area contributed by atoms with Crippen LogP contribution in [0.4, 0.5) is 0 Å². The van der Waals surface area contributed by atoms with E-state index in [1.807, 2.05) is 13.8 Å². The molecule has 1 saturated carbocycles. The number of rotatable bonds is 9. The summed E-state index contributed by atoms with van der Waals surface area (Å²) in [4.78, 5) is 0. The lowest BCUT2D eigenvalue weighted by Crippen LogP contribution is -2.39. The molecule has 2 atom stereocenters. The summed E-state index contributed by atoms with van der Waals surface area (Å²) in [5.41, 5.74) is 0. The van der Waals surface area contributed by atoms with E-state index in [-0.39, 0.29) is 12.0 Å². The first-order chi connectivity index (χ1) is 7.98. The summed E-state index contributed by atoms with van der Waals surface area (Å²) in [6, 6.07) is 0.198. The van der Waals surface area contributed by atoms with E-state index in [0.29, 0.717) is 17.4 Å². The molecule has 1 N–H and O–H groups in total. The van der Waals surface area contributed by atoms with Crippen molar-refractivity contribution < 1.29 is 8.42 Å². The topological polar surface area (TPSA) is 46.2 Å². The van der Waals surface area contributed by atoms with Gasteiger partial charge in [0.05, 0.1) is 11.5 Å². The summed E-state index contributed by atoms with van der Waals surface area (Å²) in [6.07, 6.45) is 4.39. The second-order valence-corrected chi connectivity index (χ2v) is 7.64. The van der Waals surface area contributed by atoms with Crippen LogP contribution in [0, 0.1) is 11.8 Å². The van der Waals surface area contributed by atoms with Gasteiger partial charge >= 0.3 is 0 Å². The summed E-state index contributed by atoms with van der Waals surface area (Å²) in [5, 5.41) is 3.40. The van der Waals surface area contributed by atoms with Gasteiger partial charge in [-0.2, -0.15) is 0 Å². The number of sulfone groups is 1. The van der Waals surface area contributed by atoms with Crippen LogP contribution in [-0.2, 0) is 9.84 Å². The minimum Gasteiger partial charge on any atom is -0.313 e. The van der Waals surface area contributed by atoms with Gasteiger partial charge in [0.25, 0.3) is 0 Å². The molecule has 0 bridgehead atoms. The fraction of sp³-hybridized carbons (Fsp3) is 1.00. The van der Waals surface area contributed by atoms with Crippen LogP contribution in [0.2, 0.25) is 0 Å². The lowest BCUT2D eigenvalue weighted by Gasteiger charge is -2.19. The van der Waals surface area contributed by atoms with Crippen LogP contribution < -0.4 is 5.32 Å². The highest BCUT2D eigenvalue weighted by Crippen LogP contribution is 2.33. The van der Waals surface area contributed by atoms with Crippen molar-refractivity contribution in [3.05, 3.63) is 0 Å². The third kappa shape index (κ3) is 5.87. The van der Waals surface area contributed by atoms with Gasteiger partial charge in [-0.15, -0.1) is 0 Å². The molecule has 1 aliphatic carbocycles. The second kappa shape index (κ2) is 6.74. The predicted octanol–water partition coefficient (Wildman–Crippen LogP) is 2.23. The summed E-state index contributed by atoms with van der Waals surface area (Å²) >= 11 is 0. The Bertz CT molecular complexity index is 309. The number of hydrogen-bond donors (Lipinski definition) is 1. The van der Waals surface area contributed by atoms with Gasteiger partial charge in [0.15, 0.2) is 9.84 Å². The second-order valence-electron chi connectivity index (χ2n) is 5.49. The van der Waals surface area contributed by atoms with Crippen molar-refractivity contribution in [3.8, 4) is 0 Å². The van der Waals surface area contributed by atoms with E-state index in [1.165, 1.54) is 12.8 Å². The molecule has 3 nitrogen and oxygen atoms in total. The zero-order chi connectivity index (χ0) is 12.9. The lowest BCUT2D eigenvalue weighted by atomic mass is 10.2. The van der Waals surface area contributed by atoms with Crippen LogP contribution in [0.3, 0.4) is 0 Å². The van der Waals surface area contributed by atoms with Crippen LogP contribution in [-0.4, -0.2) is 32.5 Å². The molecular weight excluding hydrogens is 234 g/mol. The SMILES string of the molecule is CCCNC(CS(=O)(=O)CC(C)CC)C1CC1. The molecule has 0 aromatic carbocycles. The van der Waals surface area contributed by atoms with Crippen molar-refractivity contribution in [1.29, 1.82) is 0 Å².